The molecule has 1 aromatic rings. The van der Waals surface area contributed by atoms with Crippen molar-refractivity contribution < 1.29 is 9.90 Å². The minimum atomic E-state index is -0.943. The molecule has 4 nitrogen and oxygen atoms in total. The van der Waals surface area contributed by atoms with Crippen LogP contribution in [-0.2, 0) is 11.3 Å². The van der Waals surface area contributed by atoms with Crippen molar-refractivity contribution in [3.05, 3.63) is 65.3 Å². The fourth-order valence-corrected chi connectivity index (χ4v) is 2.02. The number of allylic oxidation sites excluding steroid dienone is 7. The van der Waals surface area contributed by atoms with Gasteiger partial charge in [-0.25, -0.2) is 9.78 Å². The topological polar surface area (TPSA) is 55.1 Å². The lowest BCUT2D eigenvalue weighted by Gasteiger charge is -2.06. The summed E-state index contributed by atoms with van der Waals surface area (Å²) in [5, 5.41) is 8.84. The van der Waals surface area contributed by atoms with Crippen LogP contribution in [0.2, 0.25) is 0 Å². The average Bonchev–Trinajstić information content (AvgIpc) is 3.12. The summed E-state index contributed by atoms with van der Waals surface area (Å²) in [4.78, 5) is 14.8. The molecule has 0 amide bonds. The lowest BCUT2D eigenvalue weighted by atomic mass is 10.0. The van der Waals surface area contributed by atoms with Crippen molar-refractivity contribution >= 4 is 5.97 Å². The van der Waals surface area contributed by atoms with Crippen LogP contribution in [0.4, 0.5) is 0 Å². The van der Waals surface area contributed by atoms with Crippen molar-refractivity contribution in [3.63, 3.8) is 0 Å². The molecular formula is C17H16N2O2. The van der Waals surface area contributed by atoms with Crippen LogP contribution in [0.1, 0.15) is 13.3 Å². The second kappa shape index (κ2) is 6.58. The molecule has 1 heterocycles. The highest BCUT2D eigenvalue weighted by Gasteiger charge is 2.11. The van der Waals surface area contributed by atoms with Crippen LogP contribution in [0.3, 0.4) is 0 Å². The van der Waals surface area contributed by atoms with Crippen LogP contribution >= 0.6 is 0 Å². The number of carboxylic acids is 1. The van der Waals surface area contributed by atoms with Crippen molar-refractivity contribution in [1.29, 1.82) is 0 Å². The standard InChI is InChI=1S/C17H16N2O2/c1-3-15(6-4-13(2)17(20)21)16-7-5-14(10-16)11-19-9-8-18-12-19/h1,4-9,12H,10-11H2,2H3,(H,20,21)/b13-4+,15-6+. The number of rotatable bonds is 5. The molecule has 0 radical (unpaired) electrons. The molecule has 0 saturated carbocycles. The van der Waals surface area contributed by atoms with E-state index < -0.39 is 5.97 Å². The Morgan fingerprint density at radius 2 is 2.33 bits per heavy atom. The maximum absolute atomic E-state index is 10.8. The number of nitrogens with zero attached hydrogens (tertiary/aromatic N) is 2. The van der Waals surface area contributed by atoms with Crippen LogP contribution in [0.5, 0.6) is 0 Å². The normalized spacial score (nSPS) is 15.4. The number of imidazole rings is 1. The van der Waals surface area contributed by atoms with E-state index in [0.29, 0.717) is 5.57 Å². The highest BCUT2D eigenvalue weighted by Crippen LogP contribution is 2.26. The fourth-order valence-electron chi connectivity index (χ4n) is 2.02. The zero-order valence-corrected chi connectivity index (χ0v) is 11.8. The summed E-state index contributed by atoms with van der Waals surface area (Å²) in [6.45, 7) is 2.32. The van der Waals surface area contributed by atoms with Gasteiger partial charge in [0, 0.05) is 30.1 Å². The van der Waals surface area contributed by atoms with Gasteiger partial charge in [0.2, 0.25) is 0 Å². The monoisotopic (exact) mass is 280 g/mol. The molecule has 1 aromatic heterocycles. The highest BCUT2D eigenvalue weighted by atomic mass is 16.4. The largest absolute Gasteiger partial charge is 0.478 e. The maximum atomic E-state index is 10.8. The molecule has 1 N–H and O–H groups in total. The Hall–Kier alpha value is -2.80. The van der Waals surface area contributed by atoms with E-state index in [-0.39, 0.29) is 5.57 Å². The third-order valence-corrected chi connectivity index (χ3v) is 3.22. The van der Waals surface area contributed by atoms with Gasteiger partial charge in [-0.3, -0.25) is 0 Å². The molecule has 0 saturated heterocycles. The predicted molar refractivity (Wildman–Crippen MR) is 81.3 cm³/mol. The van der Waals surface area contributed by atoms with E-state index in [0.717, 1.165) is 18.5 Å². The van der Waals surface area contributed by atoms with Gasteiger partial charge >= 0.3 is 5.97 Å². The summed E-state index contributed by atoms with van der Waals surface area (Å²) in [5.41, 5.74) is 3.24. The van der Waals surface area contributed by atoms with Crippen molar-refractivity contribution in [2.45, 2.75) is 19.9 Å². The van der Waals surface area contributed by atoms with Crippen LogP contribution < -0.4 is 0 Å². The van der Waals surface area contributed by atoms with Gasteiger partial charge in [0.05, 0.1) is 6.33 Å². The van der Waals surface area contributed by atoms with E-state index in [4.69, 9.17) is 11.5 Å². The molecule has 2 rings (SSSR count). The number of carbonyl (C=O) groups is 1. The van der Waals surface area contributed by atoms with E-state index in [9.17, 15) is 4.79 Å². The molecule has 0 aromatic carbocycles. The van der Waals surface area contributed by atoms with Gasteiger partial charge in [0.15, 0.2) is 0 Å². The Balaban J connectivity index is 2.03. The molecule has 0 fully saturated rings. The molecule has 0 spiro atoms. The SMILES string of the molecule is C#C/C(=C\C=C(/C)C(=O)O)C1=CC=C(Cn2ccnc2)C1. The van der Waals surface area contributed by atoms with Crippen LogP contribution in [0.15, 0.2) is 65.3 Å². The minimum absolute atomic E-state index is 0.257. The molecule has 0 atom stereocenters. The van der Waals surface area contributed by atoms with Crippen molar-refractivity contribution in [2.75, 3.05) is 0 Å². The molecule has 1 aliphatic carbocycles. The number of hydrogen-bond acceptors (Lipinski definition) is 2. The number of carboxylic acid groups (broad SMARTS) is 1. The summed E-state index contributed by atoms with van der Waals surface area (Å²) in [7, 11) is 0. The van der Waals surface area contributed by atoms with E-state index >= 15 is 0 Å². The summed E-state index contributed by atoms with van der Waals surface area (Å²) in [5.74, 6) is 1.68. The Morgan fingerprint density at radius 3 is 2.95 bits per heavy atom. The van der Waals surface area contributed by atoms with E-state index in [1.807, 2.05) is 22.9 Å². The lowest BCUT2D eigenvalue weighted by Crippen LogP contribution is -1.98. The molecule has 21 heavy (non-hydrogen) atoms. The van der Waals surface area contributed by atoms with Crippen molar-refractivity contribution in [3.8, 4) is 12.3 Å². The van der Waals surface area contributed by atoms with Crippen LogP contribution in [-0.4, -0.2) is 20.6 Å². The van der Waals surface area contributed by atoms with Crippen LogP contribution in [0, 0.1) is 12.3 Å². The quantitative estimate of drug-likeness (QED) is 0.512. The van der Waals surface area contributed by atoms with Gasteiger partial charge < -0.3 is 9.67 Å². The number of aromatic nitrogens is 2. The first-order chi connectivity index (χ1) is 10.1. The molecule has 0 aliphatic heterocycles. The highest BCUT2D eigenvalue weighted by molar-refractivity contribution is 5.86. The van der Waals surface area contributed by atoms with Crippen molar-refractivity contribution in [2.24, 2.45) is 0 Å². The second-order valence-corrected chi connectivity index (χ2v) is 4.81. The molecular weight excluding hydrogens is 264 g/mol. The van der Waals surface area contributed by atoms with Gasteiger partial charge in [-0.05, 0) is 30.6 Å². The first-order valence-corrected chi connectivity index (χ1v) is 6.53. The average molecular weight is 280 g/mol. The van der Waals surface area contributed by atoms with Gasteiger partial charge in [-0.2, -0.15) is 0 Å². The van der Waals surface area contributed by atoms with E-state index in [2.05, 4.69) is 10.9 Å². The molecule has 106 valence electrons. The second-order valence-electron chi connectivity index (χ2n) is 4.81. The minimum Gasteiger partial charge on any atom is -0.478 e. The Kier molecular flexibility index (Phi) is 4.57. The lowest BCUT2D eigenvalue weighted by molar-refractivity contribution is -0.132. The third kappa shape index (κ3) is 3.83. The molecule has 1 aliphatic rings. The van der Waals surface area contributed by atoms with Crippen LogP contribution in [0.25, 0.3) is 0 Å². The smallest absolute Gasteiger partial charge is 0.331 e. The van der Waals surface area contributed by atoms with Gasteiger partial charge in [-0.15, -0.1) is 6.42 Å². The fraction of sp³-hybridized carbons (Fsp3) is 0.176. The third-order valence-electron chi connectivity index (χ3n) is 3.22. The van der Waals surface area contributed by atoms with Gasteiger partial charge in [-0.1, -0.05) is 24.1 Å². The van der Waals surface area contributed by atoms with Crippen molar-refractivity contribution in [1.82, 2.24) is 9.55 Å². The maximum Gasteiger partial charge on any atom is 0.331 e. The summed E-state index contributed by atoms with van der Waals surface area (Å²) < 4.78 is 2.00. The number of hydrogen-bond donors (Lipinski definition) is 1. The zero-order chi connectivity index (χ0) is 15.2. The first kappa shape index (κ1) is 14.6. The van der Waals surface area contributed by atoms with Gasteiger partial charge in [0.1, 0.15) is 0 Å². The van der Waals surface area contributed by atoms with Gasteiger partial charge in [0.25, 0.3) is 0 Å². The first-order valence-electron chi connectivity index (χ1n) is 6.53. The Labute approximate surface area is 123 Å². The predicted octanol–water partition coefficient (Wildman–Crippen LogP) is 2.73. The van der Waals surface area contributed by atoms with E-state index in [1.165, 1.54) is 11.6 Å². The number of aliphatic carboxylic acids is 1. The Morgan fingerprint density at radius 1 is 1.52 bits per heavy atom. The summed E-state index contributed by atoms with van der Waals surface area (Å²) in [6.07, 6.45) is 19.0. The molecule has 0 bridgehead atoms. The molecule has 0 unspecified atom stereocenters. The summed E-state index contributed by atoms with van der Waals surface area (Å²) >= 11 is 0. The van der Waals surface area contributed by atoms with E-state index in [1.54, 1.807) is 25.5 Å². The zero-order valence-electron chi connectivity index (χ0n) is 11.8. The molecule has 4 heteroatoms. The summed E-state index contributed by atoms with van der Waals surface area (Å²) in [6, 6.07) is 0. The Bertz CT molecular complexity index is 696. The number of terminal acetylenes is 1.